The van der Waals surface area contributed by atoms with Crippen LogP contribution in [0.25, 0.3) is 0 Å². The van der Waals surface area contributed by atoms with Crippen molar-refractivity contribution in [3.63, 3.8) is 0 Å². The van der Waals surface area contributed by atoms with E-state index in [1.165, 1.54) is 0 Å². The highest BCUT2D eigenvalue weighted by molar-refractivity contribution is 5.79. The molecular weight excluding hydrogens is 190 g/mol. The van der Waals surface area contributed by atoms with Crippen LogP contribution in [0, 0.1) is 0 Å². The Hall–Kier alpha value is -0.830. The Morgan fingerprint density at radius 2 is 2.27 bits per heavy atom. The van der Waals surface area contributed by atoms with Gasteiger partial charge < -0.3 is 5.11 Å². The van der Waals surface area contributed by atoms with Crippen molar-refractivity contribution in [2.24, 2.45) is 0 Å². The minimum atomic E-state index is -0.663. The summed E-state index contributed by atoms with van der Waals surface area (Å²) in [5.41, 5.74) is 0.521. The minimum Gasteiger partial charge on any atom is -0.480 e. The smallest absolute Gasteiger partial charge is 0.324 e. The average Bonchev–Trinajstić information content (AvgIpc) is 2.58. The molecule has 86 valence electrons. The third-order valence-corrected chi connectivity index (χ3v) is 3.42. The SMILES string of the molecule is C=C(C)CCN1CCCC1(CC)C(=O)O. The van der Waals surface area contributed by atoms with Gasteiger partial charge in [-0.1, -0.05) is 12.5 Å². The van der Waals surface area contributed by atoms with E-state index in [0.717, 1.165) is 37.9 Å². The summed E-state index contributed by atoms with van der Waals surface area (Å²) >= 11 is 0. The van der Waals surface area contributed by atoms with Gasteiger partial charge in [0.1, 0.15) is 5.54 Å². The molecule has 0 aromatic rings. The summed E-state index contributed by atoms with van der Waals surface area (Å²) in [6.45, 7) is 9.56. The maximum absolute atomic E-state index is 11.3. The number of carboxylic acids is 1. The summed E-state index contributed by atoms with van der Waals surface area (Å²) in [6.07, 6.45) is 3.37. The highest BCUT2D eigenvalue weighted by atomic mass is 16.4. The molecule has 1 atom stereocenters. The van der Waals surface area contributed by atoms with Crippen LogP contribution in [-0.2, 0) is 4.79 Å². The topological polar surface area (TPSA) is 40.5 Å². The molecule has 1 fully saturated rings. The summed E-state index contributed by atoms with van der Waals surface area (Å²) in [7, 11) is 0. The molecule has 0 aromatic carbocycles. The zero-order valence-electron chi connectivity index (χ0n) is 9.75. The van der Waals surface area contributed by atoms with E-state index < -0.39 is 11.5 Å². The maximum atomic E-state index is 11.3. The van der Waals surface area contributed by atoms with Gasteiger partial charge in [-0.05, 0) is 39.2 Å². The molecule has 0 bridgehead atoms. The van der Waals surface area contributed by atoms with E-state index in [4.69, 9.17) is 0 Å². The molecule has 3 heteroatoms. The zero-order chi connectivity index (χ0) is 11.5. The highest BCUT2D eigenvalue weighted by Crippen LogP contribution is 2.32. The van der Waals surface area contributed by atoms with Gasteiger partial charge >= 0.3 is 5.97 Å². The fraction of sp³-hybridized carbons (Fsp3) is 0.750. The van der Waals surface area contributed by atoms with Gasteiger partial charge in [-0.15, -0.1) is 6.58 Å². The lowest BCUT2D eigenvalue weighted by Gasteiger charge is -2.33. The molecule has 1 N–H and O–H groups in total. The van der Waals surface area contributed by atoms with Crippen LogP contribution in [0.15, 0.2) is 12.2 Å². The van der Waals surface area contributed by atoms with Crippen LogP contribution >= 0.6 is 0 Å². The normalized spacial score (nSPS) is 26.8. The van der Waals surface area contributed by atoms with Crippen LogP contribution in [0.1, 0.15) is 39.5 Å². The first-order valence-electron chi connectivity index (χ1n) is 5.66. The van der Waals surface area contributed by atoms with Crippen LogP contribution in [0.3, 0.4) is 0 Å². The Labute approximate surface area is 91.8 Å². The van der Waals surface area contributed by atoms with Gasteiger partial charge in [0.25, 0.3) is 0 Å². The summed E-state index contributed by atoms with van der Waals surface area (Å²) < 4.78 is 0. The van der Waals surface area contributed by atoms with Crippen LogP contribution in [0.2, 0.25) is 0 Å². The van der Waals surface area contributed by atoms with Crippen molar-refractivity contribution in [3.8, 4) is 0 Å². The molecule has 1 saturated heterocycles. The van der Waals surface area contributed by atoms with Gasteiger partial charge in [-0.3, -0.25) is 9.69 Å². The second-order valence-corrected chi connectivity index (χ2v) is 4.49. The molecule has 1 aliphatic heterocycles. The van der Waals surface area contributed by atoms with E-state index in [2.05, 4.69) is 11.5 Å². The van der Waals surface area contributed by atoms with Gasteiger partial charge in [-0.2, -0.15) is 0 Å². The Morgan fingerprint density at radius 1 is 1.60 bits per heavy atom. The van der Waals surface area contributed by atoms with E-state index in [1.54, 1.807) is 0 Å². The molecule has 1 aliphatic rings. The molecule has 0 radical (unpaired) electrons. The molecular formula is C12H21NO2. The molecule has 0 aromatic heterocycles. The third kappa shape index (κ3) is 2.40. The number of aliphatic carboxylic acids is 1. The van der Waals surface area contributed by atoms with Crippen molar-refractivity contribution >= 4 is 5.97 Å². The number of carboxylic acid groups (broad SMARTS) is 1. The number of nitrogens with zero attached hydrogens (tertiary/aromatic N) is 1. The summed E-state index contributed by atoms with van der Waals surface area (Å²) in [4.78, 5) is 13.5. The fourth-order valence-corrected chi connectivity index (χ4v) is 2.38. The second kappa shape index (κ2) is 4.79. The highest BCUT2D eigenvalue weighted by Gasteiger charge is 2.45. The van der Waals surface area contributed by atoms with Crippen LogP contribution in [0.4, 0.5) is 0 Å². The van der Waals surface area contributed by atoms with Gasteiger partial charge in [0, 0.05) is 6.54 Å². The van der Waals surface area contributed by atoms with Gasteiger partial charge in [0.2, 0.25) is 0 Å². The number of hydrogen-bond donors (Lipinski definition) is 1. The van der Waals surface area contributed by atoms with Crippen molar-refractivity contribution in [2.45, 2.75) is 45.1 Å². The predicted octanol–water partition coefficient (Wildman–Crippen LogP) is 2.28. The summed E-state index contributed by atoms with van der Waals surface area (Å²) in [5, 5.41) is 9.34. The van der Waals surface area contributed by atoms with E-state index >= 15 is 0 Å². The predicted molar refractivity (Wildman–Crippen MR) is 60.9 cm³/mol. The minimum absolute atomic E-state index is 0.602. The van der Waals surface area contributed by atoms with Crippen molar-refractivity contribution in [1.29, 1.82) is 0 Å². The Kier molecular flexibility index (Phi) is 3.91. The second-order valence-electron chi connectivity index (χ2n) is 4.49. The van der Waals surface area contributed by atoms with Crippen LogP contribution in [-0.4, -0.2) is 34.6 Å². The molecule has 1 heterocycles. The fourth-order valence-electron chi connectivity index (χ4n) is 2.38. The number of carbonyl (C=O) groups is 1. The Morgan fingerprint density at radius 3 is 2.73 bits per heavy atom. The first-order chi connectivity index (χ1) is 7.03. The Balaban J connectivity index is 2.69. The summed E-state index contributed by atoms with van der Waals surface area (Å²) in [5.74, 6) is -0.663. The summed E-state index contributed by atoms with van der Waals surface area (Å²) in [6, 6.07) is 0. The van der Waals surface area contributed by atoms with Gasteiger partial charge in [-0.25, -0.2) is 0 Å². The molecule has 15 heavy (non-hydrogen) atoms. The van der Waals surface area contributed by atoms with E-state index in [9.17, 15) is 9.90 Å². The Bertz CT molecular complexity index is 262. The maximum Gasteiger partial charge on any atom is 0.324 e. The first kappa shape index (κ1) is 12.2. The standard InChI is InChI=1S/C12H21NO2/c1-4-12(11(14)15)7-5-8-13(12)9-6-10(2)3/h2,4-9H2,1,3H3,(H,14,15). The van der Waals surface area contributed by atoms with Crippen molar-refractivity contribution in [1.82, 2.24) is 4.90 Å². The molecule has 0 aliphatic carbocycles. The van der Waals surface area contributed by atoms with Gasteiger partial charge in [0.05, 0.1) is 0 Å². The quantitative estimate of drug-likeness (QED) is 0.709. The van der Waals surface area contributed by atoms with Gasteiger partial charge in [0.15, 0.2) is 0 Å². The lowest BCUT2D eigenvalue weighted by atomic mass is 9.93. The van der Waals surface area contributed by atoms with Crippen molar-refractivity contribution in [2.75, 3.05) is 13.1 Å². The molecule has 0 amide bonds. The largest absolute Gasteiger partial charge is 0.480 e. The molecule has 0 spiro atoms. The first-order valence-corrected chi connectivity index (χ1v) is 5.66. The van der Waals surface area contributed by atoms with E-state index in [1.807, 2.05) is 13.8 Å². The number of likely N-dealkylation sites (tertiary alicyclic amines) is 1. The molecule has 1 unspecified atom stereocenters. The van der Waals surface area contributed by atoms with E-state index in [-0.39, 0.29) is 0 Å². The van der Waals surface area contributed by atoms with Crippen LogP contribution in [0.5, 0.6) is 0 Å². The molecule has 1 rings (SSSR count). The average molecular weight is 211 g/mol. The van der Waals surface area contributed by atoms with Crippen LogP contribution < -0.4 is 0 Å². The third-order valence-electron chi connectivity index (χ3n) is 3.42. The monoisotopic (exact) mass is 211 g/mol. The lowest BCUT2D eigenvalue weighted by Crippen LogP contribution is -2.50. The number of hydrogen-bond acceptors (Lipinski definition) is 2. The van der Waals surface area contributed by atoms with Crippen molar-refractivity contribution < 1.29 is 9.90 Å². The molecule has 3 nitrogen and oxygen atoms in total. The van der Waals surface area contributed by atoms with E-state index in [0.29, 0.717) is 6.42 Å². The van der Waals surface area contributed by atoms with Crippen molar-refractivity contribution in [3.05, 3.63) is 12.2 Å². The molecule has 0 saturated carbocycles. The zero-order valence-corrected chi connectivity index (χ0v) is 9.75. The number of rotatable bonds is 5. The lowest BCUT2D eigenvalue weighted by molar-refractivity contribution is -0.150.